The molecular formula is C22H21F2N5O2. The van der Waals surface area contributed by atoms with Crippen LogP contribution in [0.3, 0.4) is 0 Å². The normalized spacial score (nSPS) is 20.0. The number of nitrogens with one attached hydrogen (secondary N) is 1. The van der Waals surface area contributed by atoms with Gasteiger partial charge in [0.05, 0.1) is 17.1 Å². The molecule has 2 aromatic heterocycles. The third-order valence-corrected chi connectivity index (χ3v) is 5.59. The number of alkyl halides is 1. The quantitative estimate of drug-likeness (QED) is 0.564. The topological polar surface area (TPSA) is 91.2 Å². The van der Waals surface area contributed by atoms with Gasteiger partial charge in [-0.2, -0.15) is 0 Å². The number of hydrogen-bond donors (Lipinski definition) is 2. The Bertz CT molecular complexity index is 1090. The first-order valence-corrected chi connectivity index (χ1v) is 9.77. The van der Waals surface area contributed by atoms with Crippen molar-refractivity contribution in [3.05, 3.63) is 60.2 Å². The van der Waals surface area contributed by atoms with Gasteiger partial charge < -0.3 is 15.3 Å². The molecule has 0 bridgehead atoms. The van der Waals surface area contributed by atoms with Crippen LogP contribution in [-0.4, -0.2) is 46.5 Å². The van der Waals surface area contributed by atoms with Crippen LogP contribution in [0.2, 0.25) is 0 Å². The molecular weight excluding hydrogens is 404 g/mol. The Morgan fingerprint density at radius 1 is 1.23 bits per heavy atom. The van der Waals surface area contributed by atoms with Gasteiger partial charge in [0.25, 0.3) is 0 Å². The van der Waals surface area contributed by atoms with Crippen molar-refractivity contribution in [2.45, 2.75) is 24.4 Å². The molecule has 1 saturated carbocycles. The lowest BCUT2D eigenvalue weighted by molar-refractivity contribution is -0.107. The van der Waals surface area contributed by atoms with Gasteiger partial charge in [-0.05, 0) is 49.2 Å². The fourth-order valence-electron chi connectivity index (χ4n) is 3.89. The van der Waals surface area contributed by atoms with Crippen molar-refractivity contribution in [1.29, 1.82) is 0 Å². The van der Waals surface area contributed by atoms with E-state index in [0.29, 0.717) is 29.2 Å². The zero-order valence-electron chi connectivity index (χ0n) is 16.8. The molecule has 160 valence electrons. The predicted octanol–water partition coefficient (Wildman–Crippen LogP) is 3.46. The third-order valence-electron chi connectivity index (χ3n) is 5.59. The lowest BCUT2D eigenvalue weighted by Crippen LogP contribution is -2.49. The van der Waals surface area contributed by atoms with Gasteiger partial charge in [0, 0.05) is 30.8 Å². The van der Waals surface area contributed by atoms with Gasteiger partial charge in [0.1, 0.15) is 23.6 Å². The summed E-state index contributed by atoms with van der Waals surface area (Å²) in [5, 5.41) is 21.8. The molecule has 0 unspecified atom stereocenters. The molecule has 9 heteroatoms. The Balaban J connectivity index is 1.52. The molecule has 1 aliphatic carbocycles. The fourth-order valence-corrected chi connectivity index (χ4v) is 3.89. The van der Waals surface area contributed by atoms with E-state index in [2.05, 4.69) is 20.5 Å². The summed E-state index contributed by atoms with van der Waals surface area (Å²) < 4.78 is 28.0. The second kappa shape index (κ2) is 8.25. The van der Waals surface area contributed by atoms with E-state index in [1.165, 1.54) is 30.3 Å². The zero-order valence-corrected chi connectivity index (χ0v) is 16.8. The van der Waals surface area contributed by atoms with Crippen molar-refractivity contribution in [3.63, 3.8) is 0 Å². The van der Waals surface area contributed by atoms with Crippen molar-refractivity contribution in [3.8, 4) is 17.0 Å². The minimum absolute atomic E-state index is 0.0832. The standard InChI is InChI=1S/C22H21F2N5O2/c1-29(13-30)18-6-2-4-15(20(18)31)17-7-8-19(28-27-17)26-12-22(10-14(23)11-22)21-16(24)5-3-9-25-21/h2-9,13-14,31H,10-12H2,1H3,(H,26,28). The van der Waals surface area contributed by atoms with E-state index >= 15 is 0 Å². The predicted molar refractivity (Wildman–Crippen MR) is 112 cm³/mol. The van der Waals surface area contributed by atoms with Crippen LogP contribution in [0.4, 0.5) is 20.3 Å². The summed E-state index contributed by atoms with van der Waals surface area (Å²) in [5.74, 6) is -0.101. The largest absolute Gasteiger partial charge is 0.505 e. The van der Waals surface area contributed by atoms with E-state index in [9.17, 15) is 18.7 Å². The number of carbonyl (C=O) groups excluding carboxylic acids is 1. The van der Waals surface area contributed by atoms with Crippen LogP contribution < -0.4 is 10.2 Å². The second-order valence-electron chi connectivity index (χ2n) is 7.67. The SMILES string of the molecule is CN(C=O)c1cccc(-c2ccc(NCC3(c4ncccc4F)CC(F)C3)nn2)c1O. The van der Waals surface area contributed by atoms with E-state index in [1.807, 2.05) is 0 Å². The van der Waals surface area contributed by atoms with E-state index < -0.39 is 17.4 Å². The third kappa shape index (κ3) is 3.90. The summed E-state index contributed by atoms with van der Waals surface area (Å²) in [5.41, 5.74) is 0.708. The molecule has 0 aliphatic heterocycles. The number of nitrogens with zero attached hydrogens (tertiary/aromatic N) is 4. The number of halogens is 2. The molecule has 0 radical (unpaired) electrons. The highest BCUT2D eigenvalue weighted by atomic mass is 19.1. The van der Waals surface area contributed by atoms with Crippen molar-refractivity contribution in [2.24, 2.45) is 0 Å². The maximum Gasteiger partial charge on any atom is 0.213 e. The maximum absolute atomic E-state index is 14.3. The van der Waals surface area contributed by atoms with Crippen LogP contribution in [-0.2, 0) is 10.2 Å². The highest BCUT2D eigenvalue weighted by molar-refractivity contribution is 5.84. The van der Waals surface area contributed by atoms with E-state index in [4.69, 9.17) is 0 Å². The minimum atomic E-state index is -0.989. The van der Waals surface area contributed by atoms with Crippen molar-refractivity contribution < 1.29 is 18.7 Å². The lowest BCUT2D eigenvalue weighted by Gasteiger charge is -2.44. The lowest BCUT2D eigenvalue weighted by atomic mass is 9.65. The Hall–Kier alpha value is -3.62. The minimum Gasteiger partial charge on any atom is -0.505 e. The van der Waals surface area contributed by atoms with Crippen LogP contribution >= 0.6 is 0 Å². The average molecular weight is 425 g/mol. The first-order chi connectivity index (χ1) is 14.9. The summed E-state index contributed by atoms with van der Waals surface area (Å²) in [7, 11) is 1.53. The number of anilines is 2. The summed E-state index contributed by atoms with van der Waals surface area (Å²) in [6.45, 7) is 0.264. The second-order valence-corrected chi connectivity index (χ2v) is 7.67. The monoisotopic (exact) mass is 425 g/mol. The molecule has 2 N–H and O–H groups in total. The van der Waals surface area contributed by atoms with Crippen molar-refractivity contribution >= 4 is 17.9 Å². The zero-order chi connectivity index (χ0) is 22.0. The first-order valence-electron chi connectivity index (χ1n) is 9.77. The number of phenolic OH excluding ortho intramolecular Hbond substituents is 1. The molecule has 0 atom stereocenters. The number of carbonyl (C=O) groups is 1. The highest BCUT2D eigenvalue weighted by Gasteiger charge is 2.48. The molecule has 2 heterocycles. The van der Waals surface area contributed by atoms with Crippen LogP contribution in [0, 0.1) is 5.82 Å². The first kappa shape index (κ1) is 20.6. The van der Waals surface area contributed by atoms with Gasteiger partial charge in [-0.3, -0.25) is 9.78 Å². The molecule has 1 amide bonds. The number of hydrogen-bond acceptors (Lipinski definition) is 6. The molecule has 7 nitrogen and oxygen atoms in total. The molecule has 1 aliphatic rings. The number of aromatic nitrogens is 3. The highest BCUT2D eigenvalue weighted by Crippen LogP contribution is 2.45. The Kier molecular flexibility index (Phi) is 5.50. The van der Waals surface area contributed by atoms with Crippen molar-refractivity contribution in [2.75, 3.05) is 23.8 Å². The Morgan fingerprint density at radius 3 is 2.68 bits per heavy atom. The number of aromatic hydroxyl groups is 1. The summed E-state index contributed by atoms with van der Waals surface area (Å²) in [6, 6.07) is 11.2. The van der Waals surface area contributed by atoms with Gasteiger partial charge in [-0.25, -0.2) is 8.78 Å². The van der Waals surface area contributed by atoms with Gasteiger partial charge in [-0.15, -0.1) is 10.2 Å². The molecule has 31 heavy (non-hydrogen) atoms. The molecule has 0 spiro atoms. The summed E-state index contributed by atoms with van der Waals surface area (Å²) in [6.07, 6.45) is 1.48. The van der Waals surface area contributed by atoms with Crippen LogP contribution in [0.25, 0.3) is 11.3 Å². The molecule has 1 fully saturated rings. The number of benzene rings is 1. The van der Waals surface area contributed by atoms with Crippen LogP contribution in [0.5, 0.6) is 5.75 Å². The number of phenols is 1. The fraction of sp³-hybridized carbons (Fsp3) is 0.273. The van der Waals surface area contributed by atoms with Gasteiger partial charge in [-0.1, -0.05) is 6.07 Å². The van der Waals surface area contributed by atoms with Gasteiger partial charge in [0.15, 0.2) is 0 Å². The average Bonchev–Trinajstić information content (AvgIpc) is 2.76. The Labute approximate surface area is 177 Å². The van der Waals surface area contributed by atoms with Crippen molar-refractivity contribution in [1.82, 2.24) is 15.2 Å². The van der Waals surface area contributed by atoms with E-state index in [-0.39, 0.29) is 30.8 Å². The molecule has 1 aromatic carbocycles. The van der Waals surface area contributed by atoms with E-state index in [1.54, 1.807) is 30.3 Å². The number of pyridine rings is 1. The van der Waals surface area contributed by atoms with Crippen LogP contribution in [0.15, 0.2) is 48.7 Å². The van der Waals surface area contributed by atoms with Gasteiger partial charge in [0.2, 0.25) is 6.41 Å². The maximum atomic E-state index is 14.3. The Morgan fingerprint density at radius 2 is 2.03 bits per heavy atom. The van der Waals surface area contributed by atoms with Crippen LogP contribution in [0.1, 0.15) is 18.5 Å². The number of rotatable bonds is 7. The van der Waals surface area contributed by atoms with E-state index in [0.717, 1.165) is 0 Å². The number of para-hydroxylation sites is 1. The summed E-state index contributed by atoms with van der Waals surface area (Å²) in [4.78, 5) is 16.4. The molecule has 4 rings (SSSR count). The number of amides is 1. The van der Waals surface area contributed by atoms with Gasteiger partial charge >= 0.3 is 0 Å². The summed E-state index contributed by atoms with van der Waals surface area (Å²) >= 11 is 0. The molecule has 3 aromatic rings. The molecule has 0 saturated heterocycles. The smallest absolute Gasteiger partial charge is 0.213 e.